The SMILES string of the molecule is c1cc(-c2cc[n+](C34CC5CC(CC(C5)C3)C4)cc2)ccn1. The standard InChI is InChI=1S/C20H23N2/c1-5-21-6-2-18(1)19-3-7-22(8-4-19)20-12-15-9-16(13-20)11-17(10-15)14-20/h1-8,15-17H,9-14H2/q+1. The van der Waals surface area contributed by atoms with Gasteiger partial charge in [0.05, 0.1) is 0 Å². The van der Waals surface area contributed by atoms with Crippen LogP contribution in [0.2, 0.25) is 0 Å². The van der Waals surface area contributed by atoms with Crippen LogP contribution < -0.4 is 4.57 Å². The molecule has 2 aromatic rings. The summed E-state index contributed by atoms with van der Waals surface area (Å²) in [4.78, 5) is 4.11. The summed E-state index contributed by atoms with van der Waals surface area (Å²) in [5.41, 5.74) is 2.99. The zero-order valence-electron chi connectivity index (χ0n) is 13.0. The molecule has 6 rings (SSSR count). The molecule has 2 heteroatoms. The van der Waals surface area contributed by atoms with Gasteiger partial charge in [0.25, 0.3) is 0 Å². The van der Waals surface area contributed by atoms with Crippen LogP contribution in [0.4, 0.5) is 0 Å². The molecule has 4 aliphatic rings. The van der Waals surface area contributed by atoms with Gasteiger partial charge in [-0.05, 0) is 60.3 Å². The van der Waals surface area contributed by atoms with Gasteiger partial charge >= 0.3 is 0 Å². The summed E-state index contributed by atoms with van der Waals surface area (Å²) >= 11 is 0. The van der Waals surface area contributed by atoms with E-state index in [9.17, 15) is 0 Å². The van der Waals surface area contributed by atoms with E-state index >= 15 is 0 Å². The molecule has 4 aliphatic carbocycles. The first-order valence-corrected chi connectivity index (χ1v) is 8.73. The first-order chi connectivity index (χ1) is 10.8. The molecule has 0 aliphatic heterocycles. The predicted octanol–water partition coefficient (Wildman–Crippen LogP) is 3.96. The van der Waals surface area contributed by atoms with E-state index in [1.807, 2.05) is 12.4 Å². The smallest absolute Gasteiger partial charge is 0.169 e. The highest BCUT2D eigenvalue weighted by atomic mass is 15.0. The summed E-state index contributed by atoms with van der Waals surface area (Å²) in [6.45, 7) is 0. The van der Waals surface area contributed by atoms with E-state index in [2.05, 4.69) is 46.2 Å². The molecule has 2 heterocycles. The number of hydrogen-bond donors (Lipinski definition) is 0. The predicted molar refractivity (Wildman–Crippen MR) is 86.0 cm³/mol. The van der Waals surface area contributed by atoms with Crippen LogP contribution in [0, 0.1) is 17.8 Å². The number of rotatable bonds is 2. The minimum absolute atomic E-state index is 0.436. The van der Waals surface area contributed by atoms with E-state index in [0.29, 0.717) is 5.54 Å². The third kappa shape index (κ3) is 1.93. The Labute approximate surface area is 132 Å². The average molecular weight is 291 g/mol. The lowest BCUT2D eigenvalue weighted by Gasteiger charge is -2.53. The summed E-state index contributed by atoms with van der Waals surface area (Å²) in [7, 11) is 0. The highest BCUT2D eigenvalue weighted by molar-refractivity contribution is 5.61. The molecule has 22 heavy (non-hydrogen) atoms. The molecule has 0 radical (unpaired) electrons. The van der Waals surface area contributed by atoms with Crippen molar-refractivity contribution in [2.45, 2.75) is 44.1 Å². The molecule has 0 atom stereocenters. The van der Waals surface area contributed by atoms with Crippen LogP contribution in [0.15, 0.2) is 49.1 Å². The molecule has 0 saturated heterocycles. The molecule has 112 valence electrons. The van der Waals surface area contributed by atoms with E-state index < -0.39 is 0 Å². The van der Waals surface area contributed by atoms with Crippen molar-refractivity contribution in [3.8, 4) is 11.1 Å². The number of hydrogen-bond acceptors (Lipinski definition) is 1. The fourth-order valence-electron chi connectivity index (χ4n) is 5.86. The molecular weight excluding hydrogens is 268 g/mol. The normalized spacial score (nSPS) is 35.7. The molecule has 0 amide bonds. The van der Waals surface area contributed by atoms with E-state index in [0.717, 1.165) is 17.8 Å². The van der Waals surface area contributed by atoms with Crippen LogP contribution in [0.5, 0.6) is 0 Å². The Morgan fingerprint density at radius 3 is 1.82 bits per heavy atom. The zero-order chi connectivity index (χ0) is 14.6. The van der Waals surface area contributed by atoms with Crippen molar-refractivity contribution in [3.63, 3.8) is 0 Å². The zero-order valence-corrected chi connectivity index (χ0v) is 13.0. The molecule has 0 spiro atoms. The van der Waals surface area contributed by atoms with Crippen molar-refractivity contribution in [1.29, 1.82) is 0 Å². The fraction of sp³-hybridized carbons (Fsp3) is 0.500. The highest BCUT2D eigenvalue weighted by Gasteiger charge is 2.56. The molecule has 0 aromatic carbocycles. The monoisotopic (exact) mass is 291 g/mol. The number of aromatic nitrogens is 2. The van der Waals surface area contributed by atoms with Crippen LogP contribution >= 0.6 is 0 Å². The molecule has 2 nitrogen and oxygen atoms in total. The molecule has 0 N–H and O–H groups in total. The van der Waals surface area contributed by atoms with Gasteiger partial charge < -0.3 is 0 Å². The van der Waals surface area contributed by atoms with E-state index in [1.165, 1.54) is 49.7 Å². The summed E-state index contributed by atoms with van der Waals surface area (Å²) < 4.78 is 2.56. The Kier molecular flexibility index (Phi) is 2.70. The van der Waals surface area contributed by atoms with Gasteiger partial charge in [-0.25, -0.2) is 0 Å². The summed E-state index contributed by atoms with van der Waals surface area (Å²) in [5.74, 6) is 3.00. The maximum Gasteiger partial charge on any atom is 0.169 e. The van der Waals surface area contributed by atoms with Gasteiger partial charge in [0.1, 0.15) is 0 Å². The second kappa shape index (κ2) is 4.65. The topological polar surface area (TPSA) is 16.8 Å². The van der Waals surface area contributed by atoms with Crippen molar-refractivity contribution in [2.75, 3.05) is 0 Å². The third-order valence-corrected chi connectivity index (χ3v) is 6.40. The van der Waals surface area contributed by atoms with Crippen molar-refractivity contribution in [2.24, 2.45) is 17.8 Å². The fourth-order valence-corrected chi connectivity index (χ4v) is 5.86. The Morgan fingerprint density at radius 2 is 1.27 bits per heavy atom. The molecule has 4 fully saturated rings. The van der Waals surface area contributed by atoms with Gasteiger partial charge in [-0.3, -0.25) is 4.98 Å². The Bertz CT molecular complexity index is 639. The van der Waals surface area contributed by atoms with Crippen molar-refractivity contribution in [3.05, 3.63) is 49.1 Å². The number of nitrogens with zero attached hydrogens (tertiary/aromatic N) is 2. The van der Waals surface area contributed by atoms with Crippen LogP contribution in [-0.2, 0) is 5.54 Å². The average Bonchev–Trinajstić information content (AvgIpc) is 2.55. The quantitative estimate of drug-likeness (QED) is 0.765. The van der Waals surface area contributed by atoms with Crippen molar-refractivity contribution >= 4 is 0 Å². The van der Waals surface area contributed by atoms with Gasteiger partial charge in [-0.15, -0.1) is 0 Å². The van der Waals surface area contributed by atoms with Crippen LogP contribution in [0.3, 0.4) is 0 Å². The largest absolute Gasteiger partial charge is 0.265 e. The highest BCUT2D eigenvalue weighted by Crippen LogP contribution is 2.56. The van der Waals surface area contributed by atoms with Gasteiger partial charge in [-0.2, -0.15) is 4.57 Å². The summed E-state index contributed by atoms with van der Waals surface area (Å²) in [6, 6.07) is 8.75. The Hall–Kier alpha value is -1.70. The maximum atomic E-state index is 4.11. The second-order valence-electron chi connectivity index (χ2n) is 7.87. The van der Waals surface area contributed by atoms with Gasteiger partial charge in [-0.1, -0.05) is 0 Å². The van der Waals surface area contributed by atoms with E-state index in [4.69, 9.17) is 0 Å². The minimum atomic E-state index is 0.436. The second-order valence-corrected chi connectivity index (χ2v) is 7.87. The van der Waals surface area contributed by atoms with E-state index in [1.54, 1.807) is 0 Å². The Morgan fingerprint density at radius 1 is 0.773 bits per heavy atom. The maximum absolute atomic E-state index is 4.11. The van der Waals surface area contributed by atoms with Crippen LogP contribution in [0.25, 0.3) is 11.1 Å². The van der Waals surface area contributed by atoms with E-state index in [-0.39, 0.29) is 0 Å². The molecule has 4 saturated carbocycles. The summed E-state index contributed by atoms with van der Waals surface area (Å²) in [5, 5.41) is 0. The first kappa shape index (κ1) is 12.8. The lowest BCUT2D eigenvalue weighted by atomic mass is 9.53. The lowest BCUT2D eigenvalue weighted by molar-refractivity contribution is -0.776. The van der Waals surface area contributed by atoms with Crippen molar-refractivity contribution < 1.29 is 4.57 Å². The van der Waals surface area contributed by atoms with Crippen molar-refractivity contribution in [1.82, 2.24) is 4.98 Å². The number of pyridine rings is 2. The first-order valence-electron chi connectivity index (χ1n) is 8.73. The molecule has 0 unspecified atom stereocenters. The van der Waals surface area contributed by atoms with Gasteiger partial charge in [0, 0.05) is 43.8 Å². The van der Waals surface area contributed by atoms with Crippen LogP contribution in [-0.4, -0.2) is 4.98 Å². The van der Waals surface area contributed by atoms with Gasteiger partial charge in [0.2, 0.25) is 0 Å². The molecule has 2 aromatic heterocycles. The van der Waals surface area contributed by atoms with Gasteiger partial charge in [0.15, 0.2) is 17.9 Å². The minimum Gasteiger partial charge on any atom is -0.265 e. The van der Waals surface area contributed by atoms with Crippen LogP contribution in [0.1, 0.15) is 38.5 Å². The third-order valence-electron chi connectivity index (χ3n) is 6.40. The summed E-state index contributed by atoms with van der Waals surface area (Å²) in [6.07, 6.45) is 17.2. The molecule has 4 bridgehead atoms. The molecular formula is C20H23N2+. The lowest BCUT2D eigenvalue weighted by Crippen LogP contribution is -2.64. The Balaban J connectivity index is 1.49.